The lowest BCUT2D eigenvalue weighted by Crippen LogP contribution is -2.46. The summed E-state index contributed by atoms with van der Waals surface area (Å²) in [5.74, 6) is 0.00372. The summed E-state index contributed by atoms with van der Waals surface area (Å²) in [4.78, 5) is 24.1. The van der Waals surface area contributed by atoms with Crippen LogP contribution in [0.4, 0.5) is 4.79 Å². The number of nitrogens with zero attached hydrogens (tertiary/aromatic N) is 1. The number of carboxylic acids is 1. The van der Waals surface area contributed by atoms with Crippen LogP contribution in [-0.4, -0.2) is 52.6 Å². The molecule has 1 rings (SSSR count). The van der Waals surface area contributed by atoms with Gasteiger partial charge in [0.2, 0.25) is 0 Å². The van der Waals surface area contributed by atoms with Gasteiger partial charge in [-0.05, 0) is 26.0 Å². The zero-order valence-corrected chi connectivity index (χ0v) is 11.1. The number of rotatable bonds is 7. The highest BCUT2D eigenvalue weighted by Gasteiger charge is 2.32. The fourth-order valence-corrected chi connectivity index (χ4v) is 2.22. The lowest BCUT2D eigenvalue weighted by Gasteiger charge is -2.24. The Kier molecular flexibility index (Phi) is 5.61. The molecule has 0 radical (unpaired) electrons. The van der Waals surface area contributed by atoms with Crippen LogP contribution in [0.5, 0.6) is 0 Å². The van der Waals surface area contributed by atoms with E-state index in [-0.39, 0.29) is 24.5 Å². The first-order chi connectivity index (χ1) is 8.04. The Morgan fingerprint density at radius 1 is 1.53 bits per heavy atom. The first-order valence-electron chi connectivity index (χ1n) is 5.82. The molecule has 2 amide bonds. The second-order valence-electron chi connectivity index (χ2n) is 4.37. The largest absolute Gasteiger partial charge is 0.481 e. The van der Waals surface area contributed by atoms with Gasteiger partial charge in [-0.1, -0.05) is 0 Å². The Morgan fingerprint density at radius 2 is 2.18 bits per heavy atom. The maximum absolute atomic E-state index is 11.9. The van der Waals surface area contributed by atoms with Gasteiger partial charge >= 0.3 is 12.0 Å². The monoisotopic (exact) mass is 260 g/mol. The maximum atomic E-state index is 11.9. The molecule has 0 spiro atoms. The first kappa shape index (κ1) is 14.2. The lowest BCUT2D eigenvalue weighted by molar-refractivity contribution is -0.137. The molecule has 1 unspecified atom stereocenters. The van der Waals surface area contributed by atoms with E-state index in [2.05, 4.69) is 5.32 Å². The summed E-state index contributed by atoms with van der Waals surface area (Å²) in [6.45, 7) is 2.26. The van der Waals surface area contributed by atoms with E-state index in [1.807, 2.05) is 13.2 Å². The summed E-state index contributed by atoms with van der Waals surface area (Å²) in [5.41, 5.74) is 0. The van der Waals surface area contributed by atoms with E-state index in [1.54, 1.807) is 16.7 Å². The normalized spacial score (nSPS) is 16.4. The summed E-state index contributed by atoms with van der Waals surface area (Å²) >= 11 is 1.68. The first-order valence-corrected chi connectivity index (χ1v) is 7.21. The topological polar surface area (TPSA) is 69.6 Å². The molecule has 0 aromatic carbocycles. The molecule has 17 heavy (non-hydrogen) atoms. The molecule has 5 nitrogen and oxygen atoms in total. The maximum Gasteiger partial charge on any atom is 0.317 e. The Bertz CT molecular complexity index is 282. The van der Waals surface area contributed by atoms with E-state index >= 15 is 0 Å². The summed E-state index contributed by atoms with van der Waals surface area (Å²) in [6, 6.07) is 0.231. The standard InChI is InChI=1S/C11H20N2O3S/c1-8(7-17-2)12-11(16)13(9-3-4-9)6-5-10(14)15/h8-9H,3-7H2,1-2H3,(H,12,16)(H,14,15). The number of carbonyl (C=O) groups is 2. The molecule has 1 aliphatic carbocycles. The quantitative estimate of drug-likeness (QED) is 0.725. The molecule has 0 aromatic heterocycles. The smallest absolute Gasteiger partial charge is 0.317 e. The van der Waals surface area contributed by atoms with Crippen molar-refractivity contribution in [3.8, 4) is 0 Å². The number of urea groups is 1. The fourth-order valence-electron chi connectivity index (χ4n) is 1.64. The lowest BCUT2D eigenvalue weighted by atomic mass is 10.3. The number of carboxylic acid groups (broad SMARTS) is 1. The van der Waals surface area contributed by atoms with Crippen LogP contribution in [0.3, 0.4) is 0 Å². The molecule has 0 aliphatic heterocycles. The van der Waals surface area contributed by atoms with Crippen molar-refractivity contribution in [1.29, 1.82) is 0 Å². The van der Waals surface area contributed by atoms with Gasteiger partial charge in [0.25, 0.3) is 0 Å². The number of carbonyl (C=O) groups excluding carboxylic acids is 1. The molecule has 1 atom stereocenters. The molecule has 1 aliphatic rings. The van der Waals surface area contributed by atoms with Gasteiger partial charge in [0, 0.05) is 24.4 Å². The highest BCUT2D eigenvalue weighted by atomic mass is 32.2. The summed E-state index contributed by atoms with van der Waals surface area (Å²) in [6.07, 6.45) is 3.99. The number of amides is 2. The van der Waals surface area contributed by atoms with Crippen LogP contribution in [0.25, 0.3) is 0 Å². The van der Waals surface area contributed by atoms with E-state index < -0.39 is 5.97 Å². The molecule has 1 fully saturated rings. The van der Waals surface area contributed by atoms with Crippen molar-refractivity contribution in [1.82, 2.24) is 10.2 Å². The minimum Gasteiger partial charge on any atom is -0.481 e. The van der Waals surface area contributed by atoms with E-state index in [1.165, 1.54) is 0 Å². The van der Waals surface area contributed by atoms with Gasteiger partial charge < -0.3 is 15.3 Å². The molecule has 0 bridgehead atoms. The Balaban J connectivity index is 2.40. The molecular weight excluding hydrogens is 240 g/mol. The van der Waals surface area contributed by atoms with Gasteiger partial charge in [0.05, 0.1) is 6.42 Å². The summed E-state index contributed by atoms with van der Waals surface area (Å²) in [5, 5.41) is 11.5. The van der Waals surface area contributed by atoms with Crippen molar-refractivity contribution in [2.75, 3.05) is 18.6 Å². The highest BCUT2D eigenvalue weighted by Crippen LogP contribution is 2.27. The van der Waals surface area contributed by atoms with E-state index in [9.17, 15) is 9.59 Å². The van der Waals surface area contributed by atoms with Crippen LogP contribution in [0.15, 0.2) is 0 Å². The molecule has 6 heteroatoms. The number of thioether (sulfide) groups is 1. The Labute approximate surface area is 106 Å². The molecule has 1 saturated carbocycles. The van der Waals surface area contributed by atoms with Crippen molar-refractivity contribution in [2.45, 2.75) is 38.3 Å². The molecule has 2 N–H and O–H groups in total. The summed E-state index contributed by atoms with van der Waals surface area (Å²) in [7, 11) is 0. The molecular formula is C11H20N2O3S. The Morgan fingerprint density at radius 3 is 2.65 bits per heavy atom. The zero-order chi connectivity index (χ0) is 12.8. The van der Waals surface area contributed by atoms with Gasteiger partial charge in [0.15, 0.2) is 0 Å². The highest BCUT2D eigenvalue weighted by molar-refractivity contribution is 7.98. The third-order valence-corrected chi connectivity index (χ3v) is 3.43. The van der Waals surface area contributed by atoms with Gasteiger partial charge in [-0.25, -0.2) is 4.79 Å². The van der Waals surface area contributed by atoms with Gasteiger partial charge in [-0.3, -0.25) is 4.79 Å². The van der Waals surface area contributed by atoms with Crippen LogP contribution in [-0.2, 0) is 4.79 Å². The third-order valence-electron chi connectivity index (χ3n) is 2.60. The van der Waals surface area contributed by atoms with Crippen LogP contribution in [0.1, 0.15) is 26.2 Å². The predicted octanol–water partition coefficient (Wildman–Crippen LogP) is 1.39. The van der Waals surface area contributed by atoms with Crippen LogP contribution >= 0.6 is 11.8 Å². The van der Waals surface area contributed by atoms with Gasteiger partial charge in [-0.2, -0.15) is 11.8 Å². The minimum atomic E-state index is -0.861. The number of hydrogen-bond acceptors (Lipinski definition) is 3. The van der Waals surface area contributed by atoms with E-state index in [0.717, 1.165) is 18.6 Å². The van der Waals surface area contributed by atoms with Crippen LogP contribution in [0.2, 0.25) is 0 Å². The average molecular weight is 260 g/mol. The average Bonchev–Trinajstić information content (AvgIpc) is 3.01. The Hall–Kier alpha value is -0.910. The van der Waals surface area contributed by atoms with Gasteiger partial charge in [-0.15, -0.1) is 0 Å². The molecule has 0 aromatic rings. The molecule has 0 saturated heterocycles. The third kappa shape index (κ3) is 5.30. The van der Waals surface area contributed by atoms with E-state index in [4.69, 9.17) is 5.11 Å². The fraction of sp³-hybridized carbons (Fsp3) is 0.818. The summed E-state index contributed by atoms with van der Waals surface area (Å²) < 4.78 is 0. The number of nitrogens with one attached hydrogen (secondary N) is 1. The zero-order valence-electron chi connectivity index (χ0n) is 10.3. The van der Waals surface area contributed by atoms with Crippen LogP contribution in [0, 0.1) is 0 Å². The second-order valence-corrected chi connectivity index (χ2v) is 5.28. The number of hydrogen-bond donors (Lipinski definition) is 2. The minimum absolute atomic E-state index is 0.0147. The van der Waals surface area contributed by atoms with Crippen molar-refractivity contribution < 1.29 is 14.7 Å². The van der Waals surface area contributed by atoms with Crippen molar-refractivity contribution >= 4 is 23.8 Å². The van der Waals surface area contributed by atoms with Gasteiger partial charge in [0.1, 0.15) is 0 Å². The van der Waals surface area contributed by atoms with Crippen molar-refractivity contribution in [3.05, 3.63) is 0 Å². The number of aliphatic carboxylic acids is 1. The molecule has 0 heterocycles. The van der Waals surface area contributed by atoms with Crippen molar-refractivity contribution in [2.24, 2.45) is 0 Å². The second kappa shape index (κ2) is 6.74. The van der Waals surface area contributed by atoms with Crippen LogP contribution < -0.4 is 5.32 Å². The van der Waals surface area contributed by atoms with Crippen molar-refractivity contribution in [3.63, 3.8) is 0 Å². The molecule has 98 valence electrons. The SMILES string of the molecule is CSCC(C)NC(=O)N(CCC(=O)O)C1CC1. The van der Waals surface area contributed by atoms with E-state index in [0.29, 0.717) is 6.54 Å². The predicted molar refractivity (Wildman–Crippen MR) is 68.4 cm³/mol.